The van der Waals surface area contributed by atoms with Crippen molar-refractivity contribution in [2.45, 2.75) is 52.3 Å². The zero-order chi connectivity index (χ0) is 16.9. The summed E-state index contributed by atoms with van der Waals surface area (Å²) >= 11 is 0. The number of rotatable bonds is 5. The Balaban J connectivity index is 2.46. The highest BCUT2D eigenvalue weighted by molar-refractivity contribution is 5.68. The fourth-order valence-electron chi connectivity index (χ4n) is 1.90. The van der Waals surface area contributed by atoms with Crippen molar-refractivity contribution in [3.63, 3.8) is 0 Å². The van der Waals surface area contributed by atoms with E-state index in [1.54, 1.807) is 12.1 Å². The van der Waals surface area contributed by atoms with Crippen molar-refractivity contribution in [1.82, 2.24) is 10.6 Å². The lowest BCUT2D eigenvalue weighted by Crippen LogP contribution is -2.43. The molecular weight excluding hydrogens is 284 g/mol. The normalized spacial score (nSPS) is 14.2. The number of amides is 1. The minimum atomic E-state index is -0.524. The van der Waals surface area contributed by atoms with Gasteiger partial charge in [-0.15, -0.1) is 0 Å². The molecule has 1 aromatic carbocycles. The van der Waals surface area contributed by atoms with Crippen LogP contribution in [0.5, 0.6) is 11.5 Å². The van der Waals surface area contributed by atoms with Crippen molar-refractivity contribution in [1.29, 1.82) is 0 Å². The van der Waals surface area contributed by atoms with E-state index in [9.17, 15) is 15.0 Å². The minimum absolute atomic E-state index is 0.0172. The summed E-state index contributed by atoms with van der Waals surface area (Å²) in [6.45, 7) is 9.73. The van der Waals surface area contributed by atoms with Crippen molar-refractivity contribution in [3.05, 3.63) is 23.8 Å². The maximum absolute atomic E-state index is 11.6. The lowest BCUT2D eigenvalue weighted by atomic mass is 10.1. The zero-order valence-electron chi connectivity index (χ0n) is 13.8. The van der Waals surface area contributed by atoms with E-state index < -0.39 is 11.7 Å². The van der Waals surface area contributed by atoms with Crippen molar-refractivity contribution >= 4 is 6.09 Å². The van der Waals surface area contributed by atoms with Crippen LogP contribution in [-0.2, 0) is 4.74 Å². The first kappa shape index (κ1) is 18.1. The summed E-state index contributed by atoms with van der Waals surface area (Å²) in [5.74, 6) is 0.0344. The van der Waals surface area contributed by atoms with Crippen LogP contribution in [0.1, 0.15) is 46.2 Å². The fraction of sp³-hybridized carbons (Fsp3) is 0.562. The standard InChI is InChI=1S/C16H26N2O4/c1-10(18-15(21)22-16(3,4)5)9-17-11(2)12-6-13(19)8-14(20)7-12/h6-8,10-11,17,19-20H,9H2,1-5H3,(H,18,21). The highest BCUT2D eigenvalue weighted by Gasteiger charge is 2.18. The van der Waals surface area contributed by atoms with E-state index in [0.29, 0.717) is 6.54 Å². The Morgan fingerprint density at radius 1 is 1.18 bits per heavy atom. The van der Waals surface area contributed by atoms with Gasteiger partial charge in [0.15, 0.2) is 0 Å². The summed E-state index contributed by atoms with van der Waals surface area (Å²) in [6, 6.07) is 4.25. The molecule has 124 valence electrons. The van der Waals surface area contributed by atoms with Crippen LogP contribution in [0.25, 0.3) is 0 Å². The second-order valence-electron chi connectivity index (χ2n) is 6.46. The lowest BCUT2D eigenvalue weighted by Gasteiger charge is -2.23. The average molecular weight is 310 g/mol. The number of hydrogen-bond donors (Lipinski definition) is 4. The topological polar surface area (TPSA) is 90.8 Å². The molecule has 0 aliphatic rings. The maximum Gasteiger partial charge on any atom is 0.407 e. The Bertz CT molecular complexity index is 491. The van der Waals surface area contributed by atoms with Gasteiger partial charge in [0, 0.05) is 24.7 Å². The number of aromatic hydroxyl groups is 2. The second-order valence-corrected chi connectivity index (χ2v) is 6.46. The molecule has 0 aliphatic carbocycles. The zero-order valence-corrected chi connectivity index (χ0v) is 13.8. The van der Waals surface area contributed by atoms with E-state index in [-0.39, 0.29) is 23.6 Å². The summed E-state index contributed by atoms with van der Waals surface area (Å²) in [7, 11) is 0. The Morgan fingerprint density at radius 3 is 2.23 bits per heavy atom. The molecule has 0 bridgehead atoms. The van der Waals surface area contributed by atoms with Crippen molar-refractivity contribution < 1.29 is 19.7 Å². The molecule has 22 heavy (non-hydrogen) atoms. The quantitative estimate of drug-likeness (QED) is 0.671. The van der Waals surface area contributed by atoms with Gasteiger partial charge in [-0.3, -0.25) is 0 Å². The highest BCUT2D eigenvalue weighted by atomic mass is 16.6. The summed E-state index contributed by atoms with van der Waals surface area (Å²) in [6.07, 6.45) is -0.454. The molecule has 1 rings (SSSR count). The van der Waals surface area contributed by atoms with Crippen molar-refractivity contribution in [2.75, 3.05) is 6.54 Å². The summed E-state index contributed by atoms with van der Waals surface area (Å²) < 4.78 is 5.19. The Hall–Kier alpha value is -1.95. The van der Waals surface area contributed by atoms with Crippen LogP contribution < -0.4 is 10.6 Å². The first-order valence-corrected chi connectivity index (χ1v) is 7.32. The van der Waals surface area contributed by atoms with Gasteiger partial charge in [0.1, 0.15) is 17.1 Å². The molecule has 2 unspecified atom stereocenters. The molecule has 0 aromatic heterocycles. The predicted octanol–water partition coefficient (Wildman–Crippen LogP) is 2.66. The van der Waals surface area contributed by atoms with E-state index >= 15 is 0 Å². The first-order chi connectivity index (χ1) is 10.1. The molecule has 0 saturated carbocycles. The highest BCUT2D eigenvalue weighted by Crippen LogP contribution is 2.24. The molecule has 2 atom stereocenters. The molecule has 0 fully saturated rings. The van der Waals surface area contributed by atoms with Crippen molar-refractivity contribution in [2.24, 2.45) is 0 Å². The molecule has 6 heteroatoms. The molecule has 0 heterocycles. The Morgan fingerprint density at radius 2 is 1.73 bits per heavy atom. The van der Waals surface area contributed by atoms with Gasteiger partial charge in [-0.2, -0.15) is 0 Å². The third-order valence-electron chi connectivity index (χ3n) is 2.92. The van der Waals surface area contributed by atoms with Crippen molar-refractivity contribution in [3.8, 4) is 11.5 Å². The largest absolute Gasteiger partial charge is 0.508 e. The van der Waals surface area contributed by atoms with E-state index in [0.717, 1.165) is 5.56 Å². The SMILES string of the molecule is CC(CNC(C)c1cc(O)cc(O)c1)NC(=O)OC(C)(C)C. The third kappa shape index (κ3) is 6.67. The van der Waals surface area contributed by atoms with Crippen LogP contribution in [0, 0.1) is 0 Å². The lowest BCUT2D eigenvalue weighted by molar-refractivity contribution is 0.0507. The number of carbonyl (C=O) groups is 1. The van der Waals surface area contributed by atoms with Gasteiger partial charge in [-0.1, -0.05) is 0 Å². The number of phenolic OH excluding ortho intramolecular Hbond substituents is 2. The number of alkyl carbamates (subject to hydrolysis) is 1. The molecule has 1 aromatic rings. The molecule has 0 radical (unpaired) electrons. The molecule has 0 spiro atoms. The summed E-state index contributed by atoms with van der Waals surface area (Å²) in [5.41, 5.74) is 0.242. The summed E-state index contributed by atoms with van der Waals surface area (Å²) in [5, 5.41) is 24.9. The van der Waals surface area contributed by atoms with E-state index in [4.69, 9.17) is 4.74 Å². The molecule has 0 aliphatic heterocycles. The fourth-order valence-corrected chi connectivity index (χ4v) is 1.90. The molecule has 6 nitrogen and oxygen atoms in total. The molecule has 1 amide bonds. The second kappa shape index (κ2) is 7.35. The number of ether oxygens (including phenoxy) is 1. The number of phenols is 2. The van der Waals surface area contributed by atoms with Gasteiger partial charge in [-0.05, 0) is 52.3 Å². The van der Waals surface area contributed by atoms with Gasteiger partial charge >= 0.3 is 6.09 Å². The van der Waals surface area contributed by atoms with E-state index in [1.165, 1.54) is 6.07 Å². The Labute approximate surface area is 131 Å². The first-order valence-electron chi connectivity index (χ1n) is 7.32. The van der Waals surface area contributed by atoms with Gasteiger partial charge < -0.3 is 25.6 Å². The predicted molar refractivity (Wildman–Crippen MR) is 85.0 cm³/mol. The van der Waals surface area contributed by atoms with E-state index in [2.05, 4.69) is 10.6 Å². The summed E-state index contributed by atoms with van der Waals surface area (Å²) in [4.78, 5) is 11.6. The van der Waals surface area contributed by atoms with E-state index in [1.807, 2.05) is 34.6 Å². The number of carbonyl (C=O) groups excluding carboxylic acids is 1. The number of benzene rings is 1. The van der Waals surface area contributed by atoms with Crippen LogP contribution in [0.3, 0.4) is 0 Å². The van der Waals surface area contributed by atoms with Crippen LogP contribution >= 0.6 is 0 Å². The molecule has 0 saturated heterocycles. The maximum atomic E-state index is 11.6. The number of hydrogen-bond acceptors (Lipinski definition) is 5. The van der Waals surface area contributed by atoms with Gasteiger partial charge in [0.25, 0.3) is 0 Å². The molecule has 4 N–H and O–H groups in total. The smallest absolute Gasteiger partial charge is 0.407 e. The minimum Gasteiger partial charge on any atom is -0.508 e. The van der Waals surface area contributed by atoms with Crippen LogP contribution in [0.15, 0.2) is 18.2 Å². The van der Waals surface area contributed by atoms with Gasteiger partial charge in [-0.25, -0.2) is 4.79 Å². The van der Waals surface area contributed by atoms with Gasteiger partial charge in [0.05, 0.1) is 0 Å². The molecular formula is C16H26N2O4. The van der Waals surface area contributed by atoms with Crippen LogP contribution in [0.4, 0.5) is 4.79 Å². The average Bonchev–Trinajstić information content (AvgIpc) is 2.32. The Kier molecular flexibility index (Phi) is 6.05. The van der Waals surface area contributed by atoms with Crippen LogP contribution in [0.2, 0.25) is 0 Å². The number of nitrogens with one attached hydrogen (secondary N) is 2. The monoisotopic (exact) mass is 310 g/mol. The van der Waals surface area contributed by atoms with Gasteiger partial charge in [0.2, 0.25) is 0 Å². The third-order valence-corrected chi connectivity index (χ3v) is 2.92. The van der Waals surface area contributed by atoms with Crippen LogP contribution in [-0.4, -0.2) is 34.5 Å².